The van der Waals surface area contributed by atoms with Crippen molar-refractivity contribution >= 4 is 38.6 Å². The normalized spacial score (nSPS) is 10.8. The molecule has 3 rings (SSSR count). The van der Waals surface area contributed by atoms with Gasteiger partial charge in [0.25, 0.3) is 5.91 Å². The van der Waals surface area contributed by atoms with Gasteiger partial charge in [0, 0.05) is 7.05 Å². The zero-order valence-electron chi connectivity index (χ0n) is 11.8. The lowest BCUT2D eigenvalue weighted by molar-refractivity contribution is 0.0692. The highest BCUT2D eigenvalue weighted by molar-refractivity contribution is 7.22. The lowest BCUT2D eigenvalue weighted by atomic mass is 10.2. The van der Waals surface area contributed by atoms with Gasteiger partial charge < -0.3 is 5.11 Å². The molecule has 0 aliphatic carbocycles. The van der Waals surface area contributed by atoms with Crippen LogP contribution in [0.25, 0.3) is 10.2 Å². The molecule has 7 nitrogen and oxygen atoms in total. The number of carbonyl (C=O) groups excluding carboxylic acids is 1. The van der Waals surface area contributed by atoms with Crippen molar-refractivity contribution in [2.75, 3.05) is 5.32 Å². The maximum absolute atomic E-state index is 12.3. The Morgan fingerprint density at radius 1 is 1.36 bits per heavy atom. The van der Waals surface area contributed by atoms with Gasteiger partial charge in [0.05, 0.1) is 16.4 Å². The summed E-state index contributed by atoms with van der Waals surface area (Å²) >= 11 is 1.34. The monoisotopic (exact) mass is 316 g/mol. The summed E-state index contributed by atoms with van der Waals surface area (Å²) in [6.45, 7) is 1.98. The standard InChI is InChI=1S/C14H12N4O3S/c1-7-3-4-9-10(5-7)22-14(16-9)17-12(19)11-8(13(20)21)6-15-18(11)2/h3-6H,1-2H3,(H,20,21)(H,16,17,19). The lowest BCUT2D eigenvalue weighted by Gasteiger charge is -2.03. The molecule has 0 fully saturated rings. The molecule has 3 aromatic rings. The Kier molecular flexibility index (Phi) is 3.38. The van der Waals surface area contributed by atoms with Crippen molar-refractivity contribution in [1.29, 1.82) is 0 Å². The van der Waals surface area contributed by atoms with Crippen LogP contribution in [0.1, 0.15) is 26.4 Å². The molecular formula is C14H12N4O3S. The number of anilines is 1. The van der Waals surface area contributed by atoms with Gasteiger partial charge in [0.2, 0.25) is 0 Å². The second-order valence-electron chi connectivity index (χ2n) is 4.78. The van der Waals surface area contributed by atoms with Crippen LogP contribution in [0.2, 0.25) is 0 Å². The smallest absolute Gasteiger partial charge is 0.339 e. The number of carbonyl (C=O) groups is 2. The summed E-state index contributed by atoms with van der Waals surface area (Å²) in [4.78, 5) is 27.7. The first-order valence-electron chi connectivity index (χ1n) is 6.39. The van der Waals surface area contributed by atoms with E-state index < -0.39 is 11.9 Å². The maximum Gasteiger partial charge on any atom is 0.339 e. The van der Waals surface area contributed by atoms with Crippen molar-refractivity contribution in [1.82, 2.24) is 14.8 Å². The molecule has 0 atom stereocenters. The Morgan fingerprint density at radius 2 is 2.14 bits per heavy atom. The van der Waals surface area contributed by atoms with Gasteiger partial charge >= 0.3 is 5.97 Å². The summed E-state index contributed by atoms with van der Waals surface area (Å²) in [6, 6.07) is 5.80. The number of benzene rings is 1. The molecule has 0 radical (unpaired) electrons. The van der Waals surface area contributed by atoms with Gasteiger partial charge in [-0.3, -0.25) is 14.8 Å². The number of amides is 1. The quantitative estimate of drug-likeness (QED) is 0.772. The maximum atomic E-state index is 12.3. The largest absolute Gasteiger partial charge is 0.478 e. The zero-order chi connectivity index (χ0) is 15.9. The van der Waals surface area contributed by atoms with Gasteiger partial charge in [-0.15, -0.1) is 0 Å². The fourth-order valence-electron chi connectivity index (χ4n) is 2.10. The van der Waals surface area contributed by atoms with E-state index in [0.717, 1.165) is 22.0 Å². The minimum atomic E-state index is -1.20. The number of hydrogen-bond acceptors (Lipinski definition) is 5. The molecule has 22 heavy (non-hydrogen) atoms. The molecule has 0 unspecified atom stereocenters. The van der Waals surface area contributed by atoms with E-state index in [-0.39, 0.29) is 11.3 Å². The van der Waals surface area contributed by atoms with Crippen LogP contribution in [0.15, 0.2) is 24.4 Å². The highest BCUT2D eigenvalue weighted by Crippen LogP contribution is 2.27. The molecule has 0 saturated heterocycles. The number of hydrogen-bond donors (Lipinski definition) is 2. The van der Waals surface area contributed by atoms with E-state index >= 15 is 0 Å². The van der Waals surface area contributed by atoms with Crippen LogP contribution in [0.4, 0.5) is 5.13 Å². The minimum absolute atomic E-state index is 0.0112. The number of nitrogens with one attached hydrogen (secondary N) is 1. The SMILES string of the molecule is Cc1ccc2nc(NC(=O)c3c(C(=O)O)cnn3C)sc2c1. The van der Waals surface area contributed by atoms with Gasteiger partial charge in [-0.25, -0.2) is 9.78 Å². The topological polar surface area (TPSA) is 97.1 Å². The number of nitrogens with zero attached hydrogens (tertiary/aromatic N) is 3. The predicted octanol–water partition coefficient (Wildman–Crippen LogP) is 2.29. The van der Waals surface area contributed by atoms with Crippen LogP contribution in [0, 0.1) is 6.92 Å². The van der Waals surface area contributed by atoms with E-state index in [1.54, 1.807) is 0 Å². The number of aryl methyl sites for hydroxylation is 2. The summed E-state index contributed by atoms with van der Waals surface area (Å²) < 4.78 is 2.19. The Labute approximate surface area is 129 Å². The summed E-state index contributed by atoms with van der Waals surface area (Å²) in [5.74, 6) is -1.74. The van der Waals surface area contributed by atoms with Gasteiger partial charge in [0.1, 0.15) is 11.3 Å². The molecule has 0 saturated carbocycles. The highest BCUT2D eigenvalue weighted by atomic mass is 32.1. The van der Waals surface area contributed by atoms with Crippen molar-refractivity contribution in [3.05, 3.63) is 41.2 Å². The average molecular weight is 316 g/mol. The van der Waals surface area contributed by atoms with E-state index in [4.69, 9.17) is 5.11 Å². The number of carboxylic acid groups (broad SMARTS) is 1. The first-order chi connectivity index (χ1) is 10.5. The third-order valence-corrected chi connectivity index (χ3v) is 4.08. The summed E-state index contributed by atoms with van der Waals surface area (Å²) in [5, 5.41) is 16.0. The van der Waals surface area contributed by atoms with Gasteiger partial charge in [-0.05, 0) is 24.6 Å². The fourth-order valence-corrected chi connectivity index (χ4v) is 3.06. The van der Waals surface area contributed by atoms with Crippen LogP contribution < -0.4 is 5.32 Å². The summed E-state index contributed by atoms with van der Waals surface area (Å²) in [6.07, 6.45) is 1.15. The van der Waals surface area contributed by atoms with E-state index in [9.17, 15) is 9.59 Å². The molecule has 112 valence electrons. The Balaban J connectivity index is 1.93. The number of aromatic carboxylic acids is 1. The average Bonchev–Trinajstić information content (AvgIpc) is 3.01. The second kappa shape index (κ2) is 5.23. The highest BCUT2D eigenvalue weighted by Gasteiger charge is 2.22. The number of aromatic nitrogens is 3. The predicted molar refractivity (Wildman–Crippen MR) is 82.5 cm³/mol. The molecule has 8 heteroatoms. The third-order valence-electron chi connectivity index (χ3n) is 3.15. The molecule has 0 aliphatic rings. The van der Waals surface area contributed by atoms with Crippen molar-refractivity contribution in [2.24, 2.45) is 7.05 Å². The molecule has 0 spiro atoms. The lowest BCUT2D eigenvalue weighted by Crippen LogP contribution is -2.19. The van der Waals surface area contributed by atoms with Crippen molar-refractivity contribution in [2.45, 2.75) is 6.92 Å². The van der Waals surface area contributed by atoms with Crippen molar-refractivity contribution in [3.63, 3.8) is 0 Å². The molecule has 2 N–H and O–H groups in total. The molecule has 0 aliphatic heterocycles. The van der Waals surface area contributed by atoms with Crippen molar-refractivity contribution < 1.29 is 14.7 Å². The summed E-state index contributed by atoms with van der Waals surface area (Å²) in [5.41, 5.74) is 1.74. The Bertz CT molecular complexity index is 897. The fraction of sp³-hybridized carbons (Fsp3) is 0.143. The van der Waals surface area contributed by atoms with Gasteiger partial charge in [-0.1, -0.05) is 17.4 Å². The first-order valence-corrected chi connectivity index (χ1v) is 7.21. The zero-order valence-corrected chi connectivity index (χ0v) is 12.6. The van der Waals surface area contributed by atoms with Crippen LogP contribution in [0.3, 0.4) is 0 Å². The summed E-state index contributed by atoms with van der Waals surface area (Å²) in [7, 11) is 1.52. The van der Waals surface area contributed by atoms with Gasteiger partial charge in [0.15, 0.2) is 5.13 Å². The first kappa shape index (κ1) is 14.2. The molecule has 0 bridgehead atoms. The Hall–Kier alpha value is -2.74. The molecule has 1 aromatic carbocycles. The molecule has 2 aromatic heterocycles. The van der Waals surface area contributed by atoms with E-state index in [0.29, 0.717) is 5.13 Å². The Morgan fingerprint density at radius 3 is 2.86 bits per heavy atom. The molecule has 1 amide bonds. The molecule has 2 heterocycles. The van der Waals surface area contributed by atoms with Crippen LogP contribution >= 0.6 is 11.3 Å². The third kappa shape index (κ3) is 2.44. The number of rotatable bonds is 3. The van der Waals surface area contributed by atoms with Crippen molar-refractivity contribution in [3.8, 4) is 0 Å². The van der Waals surface area contributed by atoms with E-state index in [1.807, 2.05) is 25.1 Å². The second-order valence-corrected chi connectivity index (χ2v) is 5.81. The number of fused-ring (bicyclic) bond motifs is 1. The number of carboxylic acids is 1. The van der Waals surface area contributed by atoms with Gasteiger partial charge in [-0.2, -0.15) is 5.10 Å². The minimum Gasteiger partial charge on any atom is -0.478 e. The van der Waals surface area contributed by atoms with Crippen LogP contribution in [0.5, 0.6) is 0 Å². The van der Waals surface area contributed by atoms with Crippen LogP contribution in [-0.4, -0.2) is 31.7 Å². The van der Waals surface area contributed by atoms with E-state index in [2.05, 4.69) is 15.4 Å². The van der Waals surface area contributed by atoms with E-state index in [1.165, 1.54) is 23.1 Å². The molecular weight excluding hydrogens is 304 g/mol. The van der Waals surface area contributed by atoms with Crippen LogP contribution in [-0.2, 0) is 7.05 Å². The number of thiazole rings is 1.